The summed E-state index contributed by atoms with van der Waals surface area (Å²) in [6.45, 7) is 0.654. The van der Waals surface area contributed by atoms with Crippen molar-refractivity contribution in [2.75, 3.05) is 20.6 Å². The van der Waals surface area contributed by atoms with Crippen LogP contribution in [0.15, 0.2) is 24.3 Å². The van der Waals surface area contributed by atoms with Gasteiger partial charge in [0, 0.05) is 33.1 Å². The van der Waals surface area contributed by atoms with Crippen molar-refractivity contribution in [2.45, 2.75) is 31.5 Å². The number of carbonyl (C=O) groups is 2. The average molecular weight is 354 g/mol. The van der Waals surface area contributed by atoms with Gasteiger partial charge >= 0.3 is 6.18 Å². The summed E-state index contributed by atoms with van der Waals surface area (Å²) >= 11 is 0. The molecule has 4 nitrogen and oxygen atoms in total. The molecule has 2 fully saturated rings. The number of halogens is 3. The Morgan fingerprint density at radius 1 is 1.20 bits per heavy atom. The topological polar surface area (TPSA) is 40.6 Å². The molecule has 0 unspecified atom stereocenters. The molecule has 1 saturated carbocycles. The van der Waals surface area contributed by atoms with Gasteiger partial charge in [0.2, 0.25) is 5.91 Å². The molecule has 2 aliphatic rings. The van der Waals surface area contributed by atoms with Crippen LogP contribution in [0.3, 0.4) is 0 Å². The van der Waals surface area contributed by atoms with E-state index in [4.69, 9.17) is 0 Å². The van der Waals surface area contributed by atoms with Crippen LogP contribution in [0.2, 0.25) is 0 Å². The molecule has 1 aromatic carbocycles. The van der Waals surface area contributed by atoms with Gasteiger partial charge < -0.3 is 9.80 Å². The number of piperidine rings is 1. The van der Waals surface area contributed by atoms with Crippen LogP contribution in [0.5, 0.6) is 0 Å². The highest BCUT2D eigenvalue weighted by atomic mass is 19.4. The summed E-state index contributed by atoms with van der Waals surface area (Å²) in [6.07, 6.45) is -2.72. The molecule has 0 spiro atoms. The zero-order valence-corrected chi connectivity index (χ0v) is 14.2. The number of likely N-dealkylation sites (tertiary alicyclic amines) is 1. The van der Waals surface area contributed by atoms with Crippen LogP contribution in [0.4, 0.5) is 13.2 Å². The number of benzene rings is 1. The predicted molar refractivity (Wildman–Crippen MR) is 85.8 cm³/mol. The number of hydrogen-bond donors (Lipinski definition) is 0. The Balaban J connectivity index is 1.78. The SMILES string of the molecule is CN1C[C@@H]2C[C@H](N(C)C(=O)c3ccccc3C(F)(F)F)C[C@@H]2CC1=O. The van der Waals surface area contributed by atoms with E-state index in [0.29, 0.717) is 25.3 Å². The van der Waals surface area contributed by atoms with Crippen LogP contribution in [-0.2, 0) is 11.0 Å². The molecule has 0 radical (unpaired) electrons. The molecule has 1 aliphatic carbocycles. The van der Waals surface area contributed by atoms with Gasteiger partial charge in [-0.3, -0.25) is 9.59 Å². The van der Waals surface area contributed by atoms with Gasteiger partial charge in [-0.25, -0.2) is 0 Å². The summed E-state index contributed by atoms with van der Waals surface area (Å²) in [4.78, 5) is 27.6. The lowest BCUT2D eigenvalue weighted by Gasteiger charge is -2.31. The zero-order chi connectivity index (χ0) is 18.4. The molecule has 136 valence electrons. The van der Waals surface area contributed by atoms with Gasteiger partial charge in [-0.1, -0.05) is 12.1 Å². The van der Waals surface area contributed by atoms with E-state index in [2.05, 4.69) is 0 Å². The van der Waals surface area contributed by atoms with Gasteiger partial charge in [0.05, 0.1) is 11.1 Å². The van der Waals surface area contributed by atoms with Crippen LogP contribution in [0, 0.1) is 11.8 Å². The van der Waals surface area contributed by atoms with E-state index in [0.717, 1.165) is 12.5 Å². The Bertz CT molecular complexity index is 689. The third-order valence-corrected chi connectivity index (χ3v) is 5.52. The smallest absolute Gasteiger partial charge is 0.345 e. The first-order valence-corrected chi connectivity index (χ1v) is 8.35. The Morgan fingerprint density at radius 3 is 2.52 bits per heavy atom. The number of fused-ring (bicyclic) bond motifs is 1. The maximum atomic E-state index is 13.2. The molecule has 0 bridgehead atoms. The van der Waals surface area contributed by atoms with Crippen molar-refractivity contribution >= 4 is 11.8 Å². The number of rotatable bonds is 2. The summed E-state index contributed by atoms with van der Waals surface area (Å²) in [5, 5.41) is 0. The van der Waals surface area contributed by atoms with Crippen molar-refractivity contribution in [3.8, 4) is 0 Å². The molecule has 25 heavy (non-hydrogen) atoms. The third-order valence-electron chi connectivity index (χ3n) is 5.52. The van der Waals surface area contributed by atoms with E-state index in [9.17, 15) is 22.8 Å². The van der Waals surface area contributed by atoms with Gasteiger partial charge in [0.15, 0.2) is 0 Å². The number of amides is 2. The van der Waals surface area contributed by atoms with Crippen molar-refractivity contribution in [3.63, 3.8) is 0 Å². The average Bonchev–Trinajstić information content (AvgIpc) is 2.96. The molecule has 1 saturated heterocycles. The molecule has 2 amide bonds. The molecule has 7 heteroatoms. The van der Waals surface area contributed by atoms with Gasteiger partial charge in [-0.15, -0.1) is 0 Å². The second kappa shape index (κ2) is 6.35. The molecule has 0 aromatic heterocycles. The van der Waals surface area contributed by atoms with E-state index >= 15 is 0 Å². The summed E-state index contributed by atoms with van der Waals surface area (Å²) in [6, 6.07) is 4.75. The van der Waals surface area contributed by atoms with Crippen LogP contribution in [0.25, 0.3) is 0 Å². The third kappa shape index (κ3) is 3.37. The van der Waals surface area contributed by atoms with Crippen molar-refractivity contribution in [3.05, 3.63) is 35.4 Å². The normalized spacial score (nSPS) is 26.5. The van der Waals surface area contributed by atoms with Crippen LogP contribution in [0.1, 0.15) is 35.2 Å². The van der Waals surface area contributed by atoms with E-state index in [-0.39, 0.29) is 23.4 Å². The molecule has 0 N–H and O–H groups in total. The molecule has 1 heterocycles. The molecule has 1 aromatic rings. The number of hydrogen-bond acceptors (Lipinski definition) is 2. The van der Waals surface area contributed by atoms with Crippen molar-refractivity contribution in [1.29, 1.82) is 0 Å². The van der Waals surface area contributed by atoms with Crippen molar-refractivity contribution in [1.82, 2.24) is 9.80 Å². The highest BCUT2D eigenvalue weighted by molar-refractivity contribution is 5.96. The first-order valence-electron chi connectivity index (χ1n) is 8.35. The van der Waals surface area contributed by atoms with Crippen LogP contribution in [-0.4, -0.2) is 48.3 Å². The predicted octanol–water partition coefficient (Wildman–Crippen LogP) is 3.03. The fourth-order valence-corrected chi connectivity index (χ4v) is 4.08. The maximum Gasteiger partial charge on any atom is 0.417 e. The van der Waals surface area contributed by atoms with Crippen LogP contribution >= 0.6 is 0 Å². The first kappa shape index (κ1) is 17.8. The van der Waals surface area contributed by atoms with E-state index < -0.39 is 17.6 Å². The zero-order valence-electron chi connectivity index (χ0n) is 14.2. The second-order valence-electron chi connectivity index (χ2n) is 7.08. The number of carbonyl (C=O) groups excluding carboxylic acids is 2. The van der Waals surface area contributed by atoms with Gasteiger partial charge in [-0.05, 0) is 36.8 Å². The number of nitrogens with zero attached hydrogens (tertiary/aromatic N) is 2. The maximum absolute atomic E-state index is 13.2. The summed E-state index contributed by atoms with van der Waals surface area (Å²) in [7, 11) is 3.32. The fourth-order valence-electron chi connectivity index (χ4n) is 4.08. The fraction of sp³-hybridized carbons (Fsp3) is 0.556. The lowest BCUT2D eigenvalue weighted by atomic mass is 9.88. The first-order chi connectivity index (χ1) is 11.7. The van der Waals surface area contributed by atoms with Gasteiger partial charge in [0.1, 0.15) is 0 Å². The largest absolute Gasteiger partial charge is 0.417 e. The molecule has 3 rings (SSSR count). The Labute approximate surface area is 144 Å². The minimum Gasteiger partial charge on any atom is -0.345 e. The van der Waals surface area contributed by atoms with Crippen LogP contribution < -0.4 is 0 Å². The number of alkyl halides is 3. The molecule has 3 atom stereocenters. The Morgan fingerprint density at radius 2 is 1.84 bits per heavy atom. The molecular formula is C18H21F3N2O2. The Hall–Kier alpha value is -2.05. The van der Waals surface area contributed by atoms with Gasteiger partial charge in [-0.2, -0.15) is 13.2 Å². The van der Waals surface area contributed by atoms with E-state index in [1.807, 2.05) is 0 Å². The molecule has 1 aliphatic heterocycles. The summed E-state index contributed by atoms with van der Waals surface area (Å²) in [5.41, 5.74) is -1.22. The quantitative estimate of drug-likeness (QED) is 0.819. The monoisotopic (exact) mass is 354 g/mol. The lowest BCUT2D eigenvalue weighted by molar-refractivity contribution is -0.138. The second-order valence-corrected chi connectivity index (χ2v) is 7.08. The van der Waals surface area contributed by atoms with E-state index in [1.54, 1.807) is 19.0 Å². The van der Waals surface area contributed by atoms with Crippen molar-refractivity contribution in [2.24, 2.45) is 11.8 Å². The summed E-state index contributed by atoms with van der Waals surface area (Å²) < 4.78 is 39.5. The lowest BCUT2D eigenvalue weighted by Crippen LogP contribution is -2.40. The summed E-state index contributed by atoms with van der Waals surface area (Å²) in [5.74, 6) is -0.00262. The standard InChI is InChI=1S/C18H21F3N2O2/c1-22-10-12-8-13(7-11(12)9-16(22)24)23(2)17(25)14-5-3-4-6-15(14)18(19,20)21/h3-6,11-13H,7-10H2,1-2H3/t11-,12+,13-/m1/s1. The van der Waals surface area contributed by atoms with Gasteiger partial charge in [0.25, 0.3) is 5.91 Å². The van der Waals surface area contributed by atoms with E-state index in [1.165, 1.54) is 23.1 Å². The van der Waals surface area contributed by atoms with Crippen molar-refractivity contribution < 1.29 is 22.8 Å². The minimum atomic E-state index is -4.56. The highest BCUT2D eigenvalue weighted by Crippen LogP contribution is 2.41. The minimum absolute atomic E-state index is 0.0956. The highest BCUT2D eigenvalue weighted by Gasteiger charge is 2.43. The molecular weight excluding hydrogens is 333 g/mol. The Kier molecular flexibility index (Phi) is 4.51.